The molecular formula is C9H13NO3. The Labute approximate surface area is 77.1 Å². The van der Waals surface area contributed by atoms with Crippen LogP contribution in [0.15, 0.2) is 24.3 Å². The molecule has 4 heteroatoms. The lowest BCUT2D eigenvalue weighted by atomic mass is 10.2. The second-order valence-electron chi connectivity index (χ2n) is 2.60. The smallest absolute Gasteiger partial charge is 0.341 e. The summed E-state index contributed by atoms with van der Waals surface area (Å²) in [6, 6.07) is 0. The molecule has 0 heterocycles. The molecule has 2 N–H and O–H groups in total. The van der Waals surface area contributed by atoms with Crippen LogP contribution in [0.4, 0.5) is 0 Å². The maximum absolute atomic E-state index is 11.0. The Kier molecular flexibility index (Phi) is 4.69. The number of hydrogen-bond acceptors (Lipinski definition) is 4. The van der Waals surface area contributed by atoms with Crippen LogP contribution in [0.1, 0.15) is 13.3 Å². The summed E-state index contributed by atoms with van der Waals surface area (Å²) < 4.78 is 4.39. The van der Waals surface area contributed by atoms with Gasteiger partial charge in [0.05, 0.1) is 0 Å². The van der Waals surface area contributed by atoms with Gasteiger partial charge in [-0.25, -0.2) is 9.59 Å². The monoisotopic (exact) mass is 183 g/mol. The van der Waals surface area contributed by atoms with Crippen molar-refractivity contribution in [2.24, 2.45) is 5.73 Å². The van der Waals surface area contributed by atoms with Gasteiger partial charge in [0.1, 0.15) is 0 Å². The summed E-state index contributed by atoms with van der Waals surface area (Å²) in [5.74, 6) is -1.47. The van der Waals surface area contributed by atoms with Crippen molar-refractivity contribution >= 4 is 11.9 Å². The van der Waals surface area contributed by atoms with Crippen LogP contribution in [-0.2, 0) is 14.3 Å². The second kappa shape index (κ2) is 5.27. The van der Waals surface area contributed by atoms with Crippen LogP contribution in [0.2, 0.25) is 0 Å². The van der Waals surface area contributed by atoms with Crippen LogP contribution in [0, 0.1) is 0 Å². The van der Waals surface area contributed by atoms with Crippen molar-refractivity contribution in [3.05, 3.63) is 24.3 Å². The summed E-state index contributed by atoms with van der Waals surface area (Å²) >= 11 is 0. The zero-order valence-electron chi connectivity index (χ0n) is 7.63. The van der Waals surface area contributed by atoms with Crippen LogP contribution in [0.25, 0.3) is 0 Å². The number of rotatable bonds is 4. The van der Waals surface area contributed by atoms with E-state index in [4.69, 9.17) is 5.73 Å². The molecule has 4 nitrogen and oxygen atoms in total. The van der Waals surface area contributed by atoms with Gasteiger partial charge in [-0.15, -0.1) is 0 Å². The standard InChI is InChI=1S/C9H13NO3/c1-6(2)8(11)13-9(12)7(3)4-5-10/h1,3-5,10H2,2H3. The number of carbonyl (C=O) groups excluding carboxylic acids is 2. The van der Waals surface area contributed by atoms with Crippen molar-refractivity contribution < 1.29 is 14.3 Å². The van der Waals surface area contributed by atoms with Gasteiger partial charge in [-0.1, -0.05) is 13.2 Å². The van der Waals surface area contributed by atoms with Crippen molar-refractivity contribution in [1.29, 1.82) is 0 Å². The van der Waals surface area contributed by atoms with E-state index in [2.05, 4.69) is 17.9 Å². The van der Waals surface area contributed by atoms with Crippen molar-refractivity contribution in [2.45, 2.75) is 13.3 Å². The van der Waals surface area contributed by atoms with Gasteiger partial charge >= 0.3 is 11.9 Å². The highest BCUT2D eigenvalue weighted by Crippen LogP contribution is 2.02. The number of nitrogens with two attached hydrogens (primary N) is 1. The molecule has 0 spiro atoms. The van der Waals surface area contributed by atoms with Gasteiger partial charge < -0.3 is 10.5 Å². The van der Waals surface area contributed by atoms with Crippen molar-refractivity contribution in [3.63, 3.8) is 0 Å². The molecular weight excluding hydrogens is 170 g/mol. The van der Waals surface area contributed by atoms with E-state index in [1.165, 1.54) is 6.92 Å². The van der Waals surface area contributed by atoms with Crippen LogP contribution >= 0.6 is 0 Å². The molecule has 0 bridgehead atoms. The van der Waals surface area contributed by atoms with Gasteiger partial charge in [0, 0.05) is 11.1 Å². The maximum Gasteiger partial charge on any atom is 0.341 e. The normalized spacial score (nSPS) is 9.08. The Morgan fingerprint density at radius 3 is 2.23 bits per heavy atom. The van der Waals surface area contributed by atoms with E-state index in [1.807, 2.05) is 0 Å². The first kappa shape index (κ1) is 11.6. The number of ether oxygens (including phenoxy) is 1. The average Bonchev–Trinajstić information content (AvgIpc) is 2.04. The molecule has 0 amide bonds. The molecule has 0 aliphatic rings. The van der Waals surface area contributed by atoms with Crippen LogP contribution in [0.3, 0.4) is 0 Å². The molecule has 0 aliphatic heterocycles. The lowest BCUT2D eigenvalue weighted by Crippen LogP contribution is -2.16. The Bertz CT molecular complexity index is 256. The van der Waals surface area contributed by atoms with Crippen LogP contribution in [-0.4, -0.2) is 18.5 Å². The minimum atomic E-state index is -0.738. The molecule has 0 aromatic heterocycles. The lowest BCUT2D eigenvalue weighted by Gasteiger charge is -2.03. The van der Waals surface area contributed by atoms with E-state index in [0.717, 1.165) is 0 Å². The summed E-state index contributed by atoms with van der Waals surface area (Å²) in [5, 5.41) is 0. The second-order valence-corrected chi connectivity index (χ2v) is 2.60. The summed E-state index contributed by atoms with van der Waals surface area (Å²) in [6.07, 6.45) is 0.322. The molecule has 0 aliphatic carbocycles. The molecule has 0 saturated heterocycles. The van der Waals surface area contributed by atoms with Gasteiger partial charge in [0.25, 0.3) is 0 Å². The average molecular weight is 183 g/mol. The van der Waals surface area contributed by atoms with Gasteiger partial charge in [-0.3, -0.25) is 0 Å². The van der Waals surface area contributed by atoms with E-state index < -0.39 is 11.9 Å². The highest BCUT2D eigenvalue weighted by molar-refractivity contribution is 6.00. The fraction of sp³-hybridized carbons (Fsp3) is 0.333. The Balaban J connectivity index is 4.08. The zero-order chi connectivity index (χ0) is 10.4. The molecule has 0 atom stereocenters. The largest absolute Gasteiger partial charge is 0.386 e. The topological polar surface area (TPSA) is 69.4 Å². The lowest BCUT2D eigenvalue weighted by molar-refractivity contribution is -0.154. The number of esters is 2. The first-order valence-electron chi connectivity index (χ1n) is 3.79. The maximum atomic E-state index is 11.0. The molecule has 13 heavy (non-hydrogen) atoms. The molecule has 72 valence electrons. The van der Waals surface area contributed by atoms with Crippen molar-refractivity contribution in [2.75, 3.05) is 6.54 Å². The molecule has 0 aromatic carbocycles. The third-order valence-corrected chi connectivity index (χ3v) is 1.27. The molecule has 0 fully saturated rings. The third-order valence-electron chi connectivity index (χ3n) is 1.27. The number of hydrogen-bond donors (Lipinski definition) is 1. The third kappa shape index (κ3) is 4.22. The van der Waals surface area contributed by atoms with Crippen molar-refractivity contribution in [3.8, 4) is 0 Å². The Morgan fingerprint density at radius 1 is 1.31 bits per heavy atom. The van der Waals surface area contributed by atoms with Crippen LogP contribution < -0.4 is 5.73 Å². The molecule has 0 aromatic rings. The number of carbonyl (C=O) groups is 2. The molecule has 0 rings (SSSR count). The van der Waals surface area contributed by atoms with Gasteiger partial charge in [-0.05, 0) is 19.9 Å². The van der Waals surface area contributed by atoms with E-state index >= 15 is 0 Å². The molecule has 0 saturated carbocycles. The molecule has 0 unspecified atom stereocenters. The van der Waals surface area contributed by atoms with E-state index in [-0.39, 0.29) is 11.1 Å². The van der Waals surface area contributed by atoms with Gasteiger partial charge in [-0.2, -0.15) is 0 Å². The SMILES string of the molecule is C=C(C)C(=O)OC(=O)C(=C)CCN. The summed E-state index contributed by atoms with van der Waals surface area (Å²) in [7, 11) is 0. The van der Waals surface area contributed by atoms with E-state index in [0.29, 0.717) is 13.0 Å². The predicted octanol–water partition coefficient (Wildman–Crippen LogP) is 0.537. The van der Waals surface area contributed by atoms with Gasteiger partial charge in [0.2, 0.25) is 0 Å². The zero-order valence-corrected chi connectivity index (χ0v) is 7.63. The van der Waals surface area contributed by atoms with Gasteiger partial charge in [0.15, 0.2) is 0 Å². The van der Waals surface area contributed by atoms with E-state index in [9.17, 15) is 9.59 Å². The fourth-order valence-electron chi connectivity index (χ4n) is 0.520. The highest BCUT2D eigenvalue weighted by Gasteiger charge is 2.13. The Morgan fingerprint density at radius 2 is 1.85 bits per heavy atom. The summed E-state index contributed by atoms with van der Waals surface area (Å²) in [6.45, 7) is 8.51. The fourth-order valence-corrected chi connectivity index (χ4v) is 0.520. The van der Waals surface area contributed by atoms with Crippen molar-refractivity contribution in [1.82, 2.24) is 0 Å². The minimum Gasteiger partial charge on any atom is -0.386 e. The quantitative estimate of drug-likeness (QED) is 0.392. The molecule has 0 radical (unpaired) electrons. The van der Waals surface area contributed by atoms with E-state index in [1.54, 1.807) is 0 Å². The minimum absolute atomic E-state index is 0.175. The van der Waals surface area contributed by atoms with Crippen LogP contribution in [0.5, 0.6) is 0 Å². The first-order valence-corrected chi connectivity index (χ1v) is 3.79. The highest BCUT2D eigenvalue weighted by atomic mass is 16.6. The summed E-state index contributed by atoms with van der Waals surface area (Å²) in [4.78, 5) is 21.9. The predicted molar refractivity (Wildman–Crippen MR) is 48.7 cm³/mol. The first-order chi connectivity index (χ1) is 5.99. The Hall–Kier alpha value is -1.42. The summed E-state index contributed by atoms with van der Waals surface area (Å²) in [5.41, 5.74) is 5.55.